The van der Waals surface area contributed by atoms with Crippen molar-refractivity contribution < 1.29 is 47.1 Å². The van der Waals surface area contributed by atoms with Gasteiger partial charge in [-0.25, -0.2) is 0 Å². The minimum Gasteiger partial charge on any atom is -0.325 e. The Morgan fingerprint density at radius 1 is 1.50 bits per heavy atom. The molecular formula is CH5O3PY. The van der Waals surface area contributed by atoms with Crippen molar-refractivity contribution >= 4 is 7.60 Å². The van der Waals surface area contributed by atoms with Crippen LogP contribution >= 0.6 is 7.60 Å². The molecule has 0 aromatic rings. The van der Waals surface area contributed by atoms with Crippen molar-refractivity contribution in [2.45, 2.75) is 0 Å². The zero-order valence-electron chi connectivity index (χ0n) is 3.33. The number of hydrogen-bond acceptors (Lipinski definition) is 1. The third-order valence-corrected chi connectivity index (χ3v) is 0. The molecule has 0 amide bonds. The summed E-state index contributed by atoms with van der Waals surface area (Å²) in [5.41, 5.74) is 0. The van der Waals surface area contributed by atoms with Crippen LogP contribution in [0.1, 0.15) is 0 Å². The largest absolute Gasteiger partial charge is 0.325 e. The summed E-state index contributed by atoms with van der Waals surface area (Å²) in [6.07, 6.45) is 0. The quantitative estimate of drug-likeness (QED) is 0.513. The normalized spacial score (nSPS) is 9.83. The second kappa shape index (κ2) is 3.28. The van der Waals surface area contributed by atoms with Crippen molar-refractivity contribution in [3.63, 3.8) is 0 Å². The van der Waals surface area contributed by atoms with Crippen molar-refractivity contribution in [2.24, 2.45) is 0 Å². The van der Waals surface area contributed by atoms with E-state index in [0.717, 1.165) is 6.66 Å². The summed E-state index contributed by atoms with van der Waals surface area (Å²) in [4.78, 5) is 15.3. The topological polar surface area (TPSA) is 57.5 Å². The summed E-state index contributed by atoms with van der Waals surface area (Å²) in [5.74, 6) is 0. The van der Waals surface area contributed by atoms with Crippen LogP contribution in [0.4, 0.5) is 0 Å². The summed E-state index contributed by atoms with van der Waals surface area (Å²) in [5, 5.41) is 0. The van der Waals surface area contributed by atoms with Crippen LogP contribution in [0.25, 0.3) is 0 Å². The molecule has 0 bridgehead atoms. The van der Waals surface area contributed by atoms with Crippen LogP contribution in [-0.2, 0) is 37.3 Å². The molecule has 0 rings (SSSR count). The molecule has 0 saturated carbocycles. The van der Waals surface area contributed by atoms with Gasteiger partial charge in [0.25, 0.3) is 0 Å². The fourth-order valence-corrected chi connectivity index (χ4v) is 0. The first kappa shape index (κ1) is 10.3. The Hall–Kier alpha value is 1.25. The van der Waals surface area contributed by atoms with Crippen molar-refractivity contribution in [3.05, 3.63) is 0 Å². The van der Waals surface area contributed by atoms with Crippen LogP contribution in [0.2, 0.25) is 0 Å². The maximum absolute atomic E-state index is 9.33. The molecular weight excluding hydrogens is 180 g/mol. The first-order valence-corrected chi connectivity index (χ1v) is 3.09. The van der Waals surface area contributed by atoms with Crippen LogP contribution in [0.15, 0.2) is 0 Å². The van der Waals surface area contributed by atoms with Gasteiger partial charge in [0.05, 0.1) is 0 Å². The Labute approximate surface area is 61.2 Å². The molecule has 0 aliphatic carbocycles. The molecule has 0 aromatic carbocycles. The van der Waals surface area contributed by atoms with Crippen molar-refractivity contribution in [1.29, 1.82) is 0 Å². The fourth-order valence-electron chi connectivity index (χ4n) is 0. The maximum Gasteiger partial charge on any atom is 0.322 e. The predicted molar refractivity (Wildman–Crippen MR) is 18.0 cm³/mol. The van der Waals surface area contributed by atoms with E-state index in [1.807, 2.05) is 0 Å². The van der Waals surface area contributed by atoms with E-state index in [1.165, 1.54) is 0 Å². The molecule has 0 saturated heterocycles. The van der Waals surface area contributed by atoms with Gasteiger partial charge in [0, 0.05) is 39.4 Å². The van der Waals surface area contributed by atoms with Crippen molar-refractivity contribution in [1.82, 2.24) is 0 Å². The molecule has 0 aliphatic heterocycles. The molecule has 0 aliphatic rings. The van der Waals surface area contributed by atoms with Gasteiger partial charge in [-0.05, 0) is 0 Å². The Morgan fingerprint density at radius 3 is 1.50 bits per heavy atom. The zero-order valence-corrected chi connectivity index (χ0v) is 7.06. The third kappa shape index (κ3) is 60.5. The minimum absolute atomic E-state index is 0. The van der Waals surface area contributed by atoms with E-state index in [9.17, 15) is 4.57 Å². The van der Waals surface area contributed by atoms with Crippen LogP contribution in [0.3, 0.4) is 0 Å². The molecule has 0 fully saturated rings. The average Bonchev–Trinajstić information content (AvgIpc) is 0.722. The van der Waals surface area contributed by atoms with E-state index in [4.69, 9.17) is 9.79 Å². The predicted octanol–water partition coefficient (Wildman–Crippen LogP) is -0.209. The first-order chi connectivity index (χ1) is 2.00. The summed E-state index contributed by atoms with van der Waals surface area (Å²) in [6.45, 7) is 0.854. The molecule has 1 radical (unpaired) electrons. The molecule has 3 nitrogen and oxygen atoms in total. The average molecular weight is 185 g/mol. The SMILES string of the molecule is CP(=O)(O)O.[Y]. The van der Waals surface area contributed by atoms with E-state index in [1.54, 1.807) is 0 Å². The third-order valence-electron chi connectivity index (χ3n) is 0. The zero-order chi connectivity index (χ0) is 4.50. The fraction of sp³-hybridized carbons (Fsp3) is 1.00. The van der Waals surface area contributed by atoms with Crippen LogP contribution in [0.5, 0.6) is 0 Å². The first-order valence-electron chi connectivity index (χ1n) is 1.03. The van der Waals surface area contributed by atoms with Crippen LogP contribution in [-0.4, -0.2) is 16.5 Å². The van der Waals surface area contributed by atoms with Gasteiger partial charge in [-0.15, -0.1) is 0 Å². The number of hydrogen-bond donors (Lipinski definition) is 2. The van der Waals surface area contributed by atoms with E-state index in [0.29, 0.717) is 0 Å². The molecule has 0 aromatic heterocycles. The van der Waals surface area contributed by atoms with Crippen LogP contribution < -0.4 is 0 Å². The molecule has 0 spiro atoms. The summed E-state index contributed by atoms with van der Waals surface area (Å²) >= 11 is 0. The monoisotopic (exact) mass is 185 g/mol. The minimum atomic E-state index is -3.64. The van der Waals surface area contributed by atoms with E-state index >= 15 is 0 Å². The molecule has 0 unspecified atom stereocenters. The second-order valence-electron chi connectivity index (χ2n) is 0.835. The second-order valence-corrected chi connectivity index (χ2v) is 2.51. The van der Waals surface area contributed by atoms with Crippen molar-refractivity contribution in [2.75, 3.05) is 6.66 Å². The molecule has 5 heteroatoms. The molecule has 35 valence electrons. The smallest absolute Gasteiger partial charge is 0.322 e. The molecule has 0 atom stereocenters. The molecule has 0 heterocycles. The van der Waals surface area contributed by atoms with Gasteiger partial charge in [0.15, 0.2) is 0 Å². The van der Waals surface area contributed by atoms with E-state index in [2.05, 4.69) is 0 Å². The molecule has 2 N–H and O–H groups in total. The maximum atomic E-state index is 9.33. The Balaban J connectivity index is 0. The van der Waals surface area contributed by atoms with Gasteiger partial charge < -0.3 is 9.79 Å². The van der Waals surface area contributed by atoms with Gasteiger partial charge in [-0.3, -0.25) is 4.57 Å². The standard InChI is InChI=1S/CH5O3P.Y/c1-5(2,3)4;/h1H3,(H2,2,3,4);. The summed E-state index contributed by atoms with van der Waals surface area (Å²) < 4.78 is 9.33. The van der Waals surface area contributed by atoms with Gasteiger partial charge in [0.2, 0.25) is 0 Å². The van der Waals surface area contributed by atoms with E-state index in [-0.39, 0.29) is 32.7 Å². The van der Waals surface area contributed by atoms with Gasteiger partial charge in [-0.2, -0.15) is 0 Å². The summed E-state index contributed by atoms with van der Waals surface area (Å²) in [6, 6.07) is 0. The summed E-state index contributed by atoms with van der Waals surface area (Å²) in [7, 11) is -3.64. The van der Waals surface area contributed by atoms with Crippen molar-refractivity contribution in [3.8, 4) is 0 Å². The van der Waals surface area contributed by atoms with Gasteiger partial charge in [-0.1, -0.05) is 0 Å². The Bertz CT molecular complexity index is 56.9. The van der Waals surface area contributed by atoms with Gasteiger partial charge in [0.1, 0.15) is 0 Å². The molecule has 6 heavy (non-hydrogen) atoms. The van der Waals surface area contributed by atoms with Gasteiger partial charge >= 0.3 is 7.60 Å². The Morgan fingerprint density at radius 2 is 1.50 bits per heavy atom. The van der Waals surface area contributed by atoms with Crippen LogP contribution in [0, 0.1) is 0 Å². The Kier molecular flexibility index (Phi) is 5.62. The van der Waals surface area contributed by atoms with E-state index < -0.39 is 7.60 Å². The number of rotatable bonds is 0.